The number of aliphatic carboxylic acids is 1. The van der Waals surface area contributed by atoms with Crippen molar-refractivity contribution in [3.8, 4) is 0 Å². The summed E-state index contributed by atoms with van der Waals surface area (Å²) in [6, 6.07) is -0.984. The van der Waals surface area contributed by atoms with Crippen molar-refractivity contribution < 1.29 is 14.4 Å². The van der Waals surface area contributed by atoms with Gasteiger partial charge in [0.1, 0.15) is 12.6 Å². The van der Waals surface area contributed by atoms with Crippen LogP contribution in [0.3, 0.4) is 0 Å². The molecule has 96 valence electrons. The Morgan fingerprint density at radius 3 is 3.06 bits per heavy atom. The van der Waals surface area contributed by atoms with Crippen molar-refractivity contribution in [1.82, 2.24) is 25.1 Å². The van der Waals surface area contributed by atoms with Crippen LogP contribution >= 0.6 is 0 Å². The number of aromatic nitrogens is 5. The van der Waals surface area contributed by atoms with Gasteiger partial charge in [-0.1, -0.05) is 10.4 Å². The Balaban J connectivity index is 2.00. The number of hydrogen-bond donors (Lipinski definition) is 2. The molecule has 1 unspecified atom stereocenters. The van der Waals surface area contributed by atoms with Crippen molar-refractivity contribution in [3.05, 3.63) is 23.6 Å². The van der Waals surface area contributed by atoms with Crippen LogP contribution in [0, 0.1) is 6.92 Å². The zero-order chi connectivity index (χ0) is 13.1. The van der Waals surface area contributed by atoms with E-state index in [4.69, 9.17) is 15.4 Å². The monoisotopic (exact) mass is 252 g/mol. The van der Waals surface area contributed by atoms with E-state index in [2.05, 4.69) is 20.5 Å². The Morgan fingerprint density at radius 1 is 1.67 bits per heavy atom. The second-order valence-corrected chi connectivity index (χ2v) is 3.79. The molecule has 0 amide bonds. The van der Waals surface area contributed by atoms with Gasteiger partial charge in [-0.2, -0.15) is 4.98 Å². The molecule has 0 saturated carbocycles. The number of hydrogen-bond acceptors (Lipinski definition) is 7. The van der Waals surface area contributed by atoms with Gasteiger partial charge in [0, 0.05) is 19.5 Å². The van der Waals surface area contributed by atoms with Crippen LogP contribution in [0.25, 0.3) is 0 Å². The number of carboxylic acids is 1. The number of carboxylic acid groups (broad SMARTS) is 1. The van der Waals surface area contributed by atoms with Crippen molar-refractivity contribution in [1.29, 1.82) is 0 Å². The van der Waals surface area contributed by atoms with E-state index < -0.39 is 12.0 Å². The van der Waals surface area contributed by atoms with Gasteiger partial charge in [-0.05, 0) is 0 Å². The number of nitrogens with zero attached hydrogens (tertiary/aromatic N) is 5. The Kier molecular flexibility index (Phi) is 3.33. The molecule has 0 radical (unpaired) electrons. The number of rotatable bonds is 5. The minimum Gasteiger partial charge on any atom is -0.480 e. The minimum absolute atomic E-state index is 0.126. The lowest BCUT2D eigenvalue weighted by Crippen LogP contribution is -2.32. The molecular weight excluding hydrogens is 240 g/mol. The highest BCUT2D eigenvalue weighted by atomic mass is 16.5. The highest BCUT2D eigenvalue weighted by Crippen LogP contribution is 2.01. The first kappa shape index (κ1) is 12.2. The summed E-state index contributed by atoms with van der Waals surface area (Å²) < 4.78 is 6.31. The van der Waals surface area contributed by atoms with Crippen molar-refractivity contribution in [2.24, 2.45) is 5.73 Å². The van der Waals surface area contributed by atoms with Crippen LogP contribution in [0.2, 0.25) is 0 Å². The van der Waals surface area contributed by atoms with E-state index in [9.17, 15) is 4.79 Å². The van der Waals surface area contributed by atoms with E-state index in [1.807, 2.05) is 0 Å². The normalized spacial score (nSPS) is 12.6. The molecule has 2 aromatic rings. The van der Waals surface area contributed by atoms with Crippen LogP contribution in [0.5, 0.6) is 0 Å². The molecule has 0 aliphatic rings. The molecule has 2 heterocycles. The zero-order valence-corrected chi connectivity index (χ0v) is 9.65. The molecule has 18 heavy (non-hydrogen) atoms. The molecule has 9 heteroatoms. The van der Waals surface area contributed by atoms with Crippen molar-refractivity contribution in [3.63, 3.8) is 0 Å². The second-order valence-electron chi connectivity index (χ2n) is 3.79. The molecule has 2 aromatic heterocycles. The lowest BCUT2D eigenvalue weighted by atomic mass is 10.2. The number of aryl methyl sites for hydroxylation is 1. The lowest BCUT2D eigenvalue weighted by Gasteiger charge is -2.01. The van der Waals surface area contributed by atoms with Gasteiger partial charge in [-0.15, -0.1) is 5.10 Å². The fraction of sp³-hybridized carbons (Fsp3) is 0.444. The molecule has 0 bridgehead atoms. The van der Waals surface area contributed by atoms with Gasteiger partial charge < -0.3 is 15.4 Å². The van der Waals surface area contributed by atoms with E-state index in [-0.39, 0.29) is 6.42 Å². The molecule has 2 rings (SSSR count). The summed E-state index contributed by atoms with van der Waals surface area (Å²) in [5.74, 6) is -0.122. The average molecular weight is 252 g/mol. The molecule has 0 spiro atoms. The molecule has 0 aliphatic carbocycles. The van der Waals surface area contributed by atoms with Crippen molar-refractivity contribution in [2.75, 3.05) is 0 Å². The van der Waals surface area contributed by atoms with Crippen LogP contribution in [0.4, 0.5) is 0 Å². The van der Waals surface area contributed by atoms with E-state index in [1.54, 1.807) is 13.1 Å². The lowest BCUT2D eigenvalue weighted by molar-refractivity contribution is -0.138. The van der Waals surface area contributed by atoms with Crippen molar-refractivity contribution in [2.45, 2.75) is 25.9 Å². The van der Waals surface area contributed by atoms with Gasteiger partial charge in [0.2, 0.25) is 5.89 Å². The summed E-state index contributed by atoms with van der Waals surface area (Å²) in [4.78, 5) is 14.6. The summed E-state index contributed by atoms with van der Waals surface area (Å²) in [5.41, 5.74) is 5.90. The number of carbonyl (C=O) groups is 1. The third-order valence-electron chi connectivity index (χ3n) is 2.21. The predicted molar refractivity (Wildman–Crippen MR) is 57.5 cm³/mol. The summed E-state index contributed by atoms with van der Waals surface area (Å²) in [7, 11) is 0. The Labute approximate surface area is 102 Å². The maximum atomic E-state index is 10.6. The Bertz CT molecular complexity index is 548. The molecule has 1 atom stereocenters. The topological polar surface area (TPSA) is 133 Å². The highest BCUT2D eigenvalue weighted by molar-refractivity contribution is 5.73. The van der Waals surface area contributed by atoms with E-state index in [0.29, 0.717) is 24.0 Å². The van der Waals surface area contributed by atoms with Gasteiger partial charge in [0.05, 0.1) is 5.69 Å². The Hall–Kier alpha value is -2.29. The van der Waals surface area contributed by atoms with Crippen LogP contribution in [0.1, 0.15) is 17.4 Å². The molecule has 0 aromatic carbocycles. The average Bonchev–Trinajstić information content (AvgIpc) is 2.89. The van der Waals surface area contributed by atoms with Gasteiger partial charge in [0.25, 0.3) is 0 Å². The second kappa shape index (κ2) is 4.92. The first-order valence-electron chi connectivity index (χ1n) is 5.21. The van der Waals surface area contributed by atoms with E-state index in [0.717, 1.165) is 0 Å². The van der Waals surface area contributed by atoms with Gasteiger partial charge >= 0.3 is 5.97 Å². The molecule has 0 aliphatic heterocycles. The van der Waals surface area contributed by atoms with Gasteiger partial charge in [0.15, 0.2) is 5.82 Å². The van der Waals surface area contributed by atoms with E-state index >= 15 is 0 Å². The van der Waals surface area contributed by atoms with Gasteiger partial charge in [-0.25, -0.2) is 4.68 Å². The quantitative estimate of drug-likeness (QED) is 0.690. The van der Waals surface area contributed by atoms with Crippen LogP contribution in [-0.4, -0.2) is 42.3 Å². The zero-order valence-electron chi connectivity index (χ0n) is 9.65. The molecule has 0 saturated heterocycles. The molecule has 9 nitrogen and oxygen atoms in total. The number of nitrogens with two attached hydrogens (primary N) is 1. The summed E-state index contributed by atoms with van der Waals surface area (Å²) in [5, 5.41) is 20.0. The fourth-order valence-corrected chi connectivity index (χ4v) is 1.37. The van der Waals surface area contributed by atoms with Crippen molar-refractivity contribution >= 4 is 5.97 Å². The Morgan fingerprint density at radius 2 is 2.44 bits per heavy atom. The van der Waals surface area contributed by atoms with E-state index in [1.165, 1.54) is 4.68 Å². The SMILES string of the molecule is Cc1nc(Cn2cc(CC(N)C(=O)O)nn2)no1. The van der Waals surface area contributed by atoms with Crippen LogP contribution in [-0.2, 0) is 17.8 Å². The molecule has 0 fully saturated rings. The van der Waals surface area contributed by atoms with Crippen LogP contribution in [0.15, 0.2) is 10.7 Å². The summed E-state index contributed by atoms with van der Waals surface area (Å²) in [6.07, 6.45) is 1.73. The fourth-order valence-electron chi connectivity index (χ4n) is 1.37. The minimum atomic E-state index is -1.07. The predicted octanol–water partition coefficient (Wildman–Crippen LogP) is -1.03. The first-order chi connectivity index (χ1) is 8.54. The molecule has 3 N–H and O–H groups in total. The standard InChI is InChI=1S/C9H12N6O3/c1-5-11-8(13-18-5)4-15-3-6(12-14-15)2-7(10)9(16)17/h3,7H,2,4,10H2,1H3,(H,16,17). The maximum Gasteiger partial charge on any atom is 0.320 e. The maximum absolute atomic E-state index is 10.6. The third-order valence-corrected chi connectivity index (χ3v) is 2.21. The smallest absolute Gasteiger partial charge is 0.320 e. The third kappa shape index (κ3) is 2.88. The largest absolute Gasteiger partial charge is 0.480 e. The molecular formula is C9H12N6O3. The van der Waals surface area contributed by atoms with Crippen LogP contribution < -0.4 is 5.73 Å². The van der Waals surface area contributed by atoms with Gasteiger partial charge in [-0.3, -0.25) is 4.79 Å². The summed E-state index contributed by atoms with van der Waals surface area (Å²) in [6.45, 7) is 2.00. The summed E-state index contributed by atoms with van der Waals surface area (Å²) >= 11 is 0. The highest BCUT2D eigenvalue weighted by Gasteiger charge is 2.14. The first-order valence-corrected chi connectivity index (χ1v) is 5.21.